The van der Waals surface area contributed by atoms with E-state index in [0.29, 0.717) is 16.2 Å². The van der Waals surface area contributed by atoms with E-state index in [4.69, 9.17) is 9.16 Å². The molecule has 26 heavy (non-hydrogen) atoms. The molecule has 0 unspecified atom stereocenters. The molecule has 4 nitrogen and oxygen atoms in total. The van der Waals surface area contributed by atoms with Gasteiger partial charge in [-0.1, -0.05) is 52.0 Å². The second kappa shape index (κ2) is 6.58. The molecule has 1 heterocycles. The molecular formula is C20H30O4SSi. The van der Waals surface area contributed by atoms with E-state index in [2.05, 4.69) is 40.8 Å². The predicted octanol–water partition coefficient (Wildman–Crippen LogP) is 4.54. The van der Waals surface area contributed by atoms with Gasteiger partial charge in [0.25, 0.3) is 0 Å². The Morgan fingerprint density at radius 2 is 1.77 bits per heavy atom. The second-order valence-electron chi connectivity index (χ2n) is 8.96. The van der Waals surface area contributed by atoms with Gasteiger partial charge in [-0.05, 0) is 36.7 Å². The number of sulfone groups is 1. The third kappa shape index (κ3) is 3.57. The normalized spacial score (nSPS) is 29.5. The molecule has 1 aliphatic heterocycles. The molecule has 1 saturated heterocycles. The summed E-state index contributed by atoms with van der Waals surface area (Å²) in [5.41, 5.74) is 0. The van der Waals surface area contributed by atoms with E-state index in [0.717, 1.165) is 0 Å². The average Bonchev–Trinajstić information content (AvgIpc) is 3.33. The number of ether oxygens (including phenoxy) is 1. The van der Waals surface area contributed by atoms with Crippen LogP contribution < -0.4 is 0 Å². The first kappa shape index (κ1) is 19.8. The molecule has 0 amide bonds. The van der Waals surface area contributed by atoms with Crippen molar-refractivity contribution in [1.82, 2.24) is 0 Å². The number of benzene rings is 1. The van der Waals surface area contributed by atoms with Crippen LogP contribution in [0.2, 0.25) is 18.1 Å². The Labute approximate surface area is 158 Å². The minimum atomic E-state index is -3.52. The topological polar surface area (TPSA) is 55.9 Å². The first-order valence-corrected chi connectivity index (χ1v) is 13.7. The van der Waals surface area contributed by atoms with Crippen LogP contribution in [0.25, 0.3) is 0 Å². The Bertz CT molecular complexity index is 793. The third-order valence-corrected chi connectivity index (χ3v) is 12.5. The van der Waals surface area contributed by atoms with Crippen LogP contribution in [0.3, 0.4) is 0 Å². The Balaban J connectivity index is 1.88. The monoisotopic (exact) mass is 394 g/mol. The van der Waals surface area contributed by atoms with Gasteiger partial charge in [-0.15, -0.1) is 0 Å². The molecule has 1 fully saturated rings. The van der Waals surface area contributed by atoms with Crippen LogP contribution in [-0.2, 0) is 19.0 Å². The van der Waals surface area contributed by atoms with Gasteiger partial charge in [0.1, 0.15) is 6.10 Å². The molecule has 1 aliphatic carbocycles. The molecule has 0 radical (unpaired) electrons. The highest BCUT2D eigenvalue weighted by Crippen LogP contribution is 2.46. The van der Waals surface area contributed by atoms with Crippen molar-refractivity contribution < 1.29 is 17.6 Å². The van der Waals surface area contributed by atoms with Crippen LogP contribution in [0.1, 0.15) is 34.1 Å². The smallest absolute Gasteiger partial charge is 0.205 e. The zero-order valence-electron chi connectivity index (χ0n) is 16.5. The van der Waals surface area contributed by atoms with Gasteiger partial charge in [-0.2, -0.15) is 0 Å². The van der Waals surface area contributed by atoms with Crippen molar-refractivity contribution in [3.63, 3.8) is 0 Å². The maximum Gasteiger partial charge on any atom is 0.205 e. The SMILES string of the molecule is C[C@@H]1[C@H]2O[C@H]2C(S(=O)(=O)c2ccccc2)=CC[C@H]1O[Si](C)(C)C(C)(C)C. The van der Waals surface area contributed by atoms with E-state index in [1.807, 2.05) is 12.1 Å². The summed E-state index contributed by atoms with van der Waals surface area (Å²) in [6, 6.07) is 8.61. The standard InChI is InChI=1S/C20H30O4SSi/c1-14-16(24-26(5,6)20(2,3)4)12-13-17(19-18(14)23-19)25(21,22)15-10-8-7-9-11-15/h7-11,13-14,16,18-19H,12H2,1-6H3/t14-,16+,18+,19-/m0/s1. The fourth-order valence-electron chi connectivity index (χ4n) is 3.24. The summed E-state index contributed by atoms with van der Waals surface area (Å²) in [4.78, 5) is 0.735. The van der Waals surface area contributed by atoms with E-state index >= 15 is 0 Å². The highest BCUT2D eigenvalue weighted by Gasteiger charge is 2.54. The number of rotatable bonds is 4. The van der Waals surface area contributed by atoms with Crippen LogP contribution in [-0.4, -0.2) is 35.0 Å². The second-order valence-corrected chi connectivity index (χ2v) is 15.7. The van der Waals surface area contributed by atoms with Gasteiger partial charge >= 0.3 is 0 Å². The molecule has 6 heteroatoms. The maximum absolute atomic E-state index is 13.1. The summed E-state index contributed by atoms with van der Waals surface area (Å²) in [6.45, 7) is 13.3. The van der Waals surface area contributed by atoms with Gasteiger partial charge in [0.05, 0.1) is 22.0 Å². The number of hydrogen-bond acceptors (Lipinski definition) is 4. The van der Waals surface area contributed by atoms with Crippen LogP contribution in [0.4, 0.5) is 0 Å². The van der Waals surface area contributed by atoms with Crippen molar-refractivity contribution in [2.24, 2.45) is 5.92 Å². The minimum Gasteiger partial charge on any atom is -0.413 e. The van der Waals surface area contributed by atoms with Gasteiger partial charge in [0.2, 0.25) is 9.84 Å². The van der Waals surface area contributed by atoms with Gasteiger partial charge < -0.3 is 9.16 Å². The molecule has 4 atom stereocenters. The maximum atomic E-state index is 13.1. The quantitative estimate of drug-likeness (QED) is 0.556. The molecule has 1 aromatic rings. The van der Waals surface area contributed by atoms with E-state index in [-0.39, 0.29) is 29.3 Å². The fourth-order valence-corrected chi connectivity index (χ4v) is 6.26. The molecule has 3 rings (SSSR count). The lowest BCUT2D eigenvalue weighted by molar-refractivity contribution is 0.109. The van der Waals surface area contributed by atoms with Gasteiger partial charge in [0.15, 0.2) is 8.32 Å². The lowest BCUT2D eigenvalue weighted by atomic mass is 9.99. The molecule has 0 aromatic heterocycles. The molecule has 0 N–H and O–H groups in total. The molecule has 0 spiro atoms. The lowest BCUT2D eigenvalue weighted by Gasteiger charge is -2.40. The van der Waals surface area contributed by atoms with Crippen LogP contribution in [0.15, 0.2) is 46.2 Å². The largest absolute Gasteiger partial charge is 0.413 e. The Morgan fingerprint density at radius 1 is 1.15 bits per heavy atom. The highest BCUT2D eigenvalue weighted by atomic mass is 32.2. The van der Waals surface area contributed by atoms with Gasteiger partial charge in [-0.25, -0.2) is 8.42 Å². The minimum absolute atomic E-state index is 0.00522. The van der Waals surface area contributed by atoms with Crippen molar-refractivity contribution in [2.45, 2.75) is 75.5 Å². The van der Waals surface area contributed by atoms with E-state index in [1.165, 1.54) is 0 Å². The van der Waals surface area contributed by atoms with E-state index in [9.17, 15) is 8.42 Å². The Kier molecular flexibility index (Phi) is 5.01. The lowest BCUT2D eigenvalue weighted by Crippen LogP contribution is -2.46. The van der Waals surface area contributed by atoms with Gasteiger partial charge in [-0.3, -0.25) is 0 Å². The average molecular weight is 395 g/mol. The summed E-state index contributed by atoms with van der Waals surface area (Å²) in [5.74, 6) is 0.175. The summed E-state index contributed by atoms with van der Waals surface area (Å²) < 4.78 is 38.5. The Hall–Kier alpha value is -0.953. The number of fused-ring (bicyclic) bond motifs is 1. The molecule has 144 valence electrons. The summed E-state index contributed by atoms with van der Waals surface area (Å²) >= 11 is 0. The van der Waals surface area contributed by atoms with Crippen molar-refractivity contribution in [1.29, 1.82) is 0 Å². The molecular weight excluding hydrogens is 364 g/mol. The van der Waals surface area contributed by atoms with Crippen LogP contribution in [0.5, 0.6) is 0 Å². The zero-order valence-corrected chi connectivity index (χ0v) is 18.3. The van der Waals surface area contributed by atoms with Crippen LogP contribution in [0, 0.1) is 5.92 Å². The van der Waals surface area contributed by atoms with Crippen LogP contribution >= 0.6 is 0 Å². The predicted molar refractivity (Wildman–Crippen MR) is 106 cm³/mol. The first-order valence-electron chi connectivity index (χ1n) is 9.28. The molecule has 0 bridgehead atoms. The van der Waals surface area contributed by atoms with Crippen molar-refractivity contribution in [3.05, 3.63) is 41.3 Å². The van der Waals surface area contributed by atoms with E-state index in [1.54, 1.807) is 24.3 Å². The molecule has 1 aromatic carbocycles. The number of hydrogen-bond donors (Lipinski definition) is 0. The van der Waals surface area contributed by atoms with Crippen molar-refractivity contribution in [2.75, 3.05) is 0 Å². The fraction of sp³-hybridized carbons (Fsp3) is 0.600. The molecule has 0 saturated carbocycles. The molecule has 2 aliphatic rings. The summed E-state index contributed by atoms with van der Waals surface area (Å²) in [5, 5.41) is 0.117. The van der Waals surface area contributed by atoms with Crippen molar-refractivity contribution >= 4 is 18.2 Å². The van der Waals surface area contributed by atoms with Crippen molar-refractivity contribution in [3.8, 4) is 0 Å². The van der Waals surface area contributed by atoms with E-state index < -0.39 is 18.2 Å². The number of epoxide rings is 1. The summed E-state index contributed by atoms with van der Waals surface area (Å²) in [7, 11) is -5.45. The first-order chi connectivity index (χ1) is 11.9. The Morgan fingerprint density at radius 3 is 2.35 bits per heavy atom. The summed E-state index contributed by atoms with van der Waals surface area (Å²) in [6.07, 6.45) is 2.05. The zero-order chi connectivity index (χ0) is 19.3. The third-order valence-electron chi connectivity index (χ3n) is 6.08. The van der Waals surface area contributed by atoms with Gasteiger partial charge in [0, 0.05) is 5.92 Å². The highest BCUT2D eigenvalue weighted by molar-refractivity contribution is 7.95.